The molecule has 0 aliphatic heterocycles. The molecule has 0 spiro atoms. The van der Waals surface area contributed by atoms with Gasteiger partial charge in [-0.3, -0.25) is 0 Å². The Morgan fingerprint density at radius 3 is 2.81 bits per heavy atom. The summed E-state index contributed by atoms with van der Waals surface area (Å²) in [4.78, 5) is 2.13. The van der Waals surface area contributed by atoms with Crippen molar-refractivity contribution >= 4 is 17.3 Å². The Hall–Kier alpha value is -0.770. The number of benzene rings is 1. The third-order valence-corrected chi connectivity index (χ3v) is 2.68. The monoisotopic (exact) mass is 242 g/mol. The average molecular weight is 243 g/mol. The van der Waals surface area contributed by atoms with Gasteiger partial charge in [0.1, 0.15) is 0 Å². The molecule has 1 aromatic rings. The van der Waals surface area contributed by atoms with E-state index in [0.717, 1.165) is 36.0 Å². The Morgan fingerprint density at radius 1 is 1.44 bits per heavy atom. The minimum Gasteiger partial charge on any atom is -0.380 e. The van der Waals surface area contributed by atoms with E-state index in [1.165, 1.54) is 0 Å². The highest BCUT2D eigenvalue weighted by Crippen LogP contribution is 2.22. The van der Waals surface area contributed by atoms with Gasteiger partial charge in [0.25, 0.3) is 0 Å². The molecule has 0 saturated heterocycles. The highest BCUT2D eigenvalue weighted by molar-refractivity contribution is 6.30. The summed E-state index contributed by atoms with van der Waals surface area (Å²) in [6.45, 7) is 4.81. The molecule has 0 saturated carbocycles. The second-order valence-corrected chi connectivity index (χ2v) is 4.03. The fourth-order valence-corrected chi connectivity index (χ4v) is 1.75. The van der Waals surface area contributed by atoms with Crippen molar-refractivity contribution < 1.29 is 4.74 Å². The smallest absolute Gasteiger partial charge is 0.0641 e. The predicted octanol–water partition coefficient (Wildman–Crippen LogP) is 2.27. The van der Waals surface area contributed by atoms with Gasteiger partial charge in [-0.05, 0) is 30.7 Å². The first-order valence-electron chi connectivity index (χ1n) is 5.46. The fourth-order valence-electron chi connectivity index (χ4n) is 1.56. The third kappa shape index (κ3) is 3.67. The van der Waals surface area contributed by atoms with Crippen LogP contribution in [-0.4, -0.2) is 26.8 Å². The molecule has 0 unspecified atom stereocenters. The molecule has 0 heterocycles. The van der Waals surface area contributed by atoms with E-state index in [1.807, 2.05) is 32.2 Å². The molecule has 0 aliphatic rings. The molecule has 1 aromatic carbocycles. The maximum atomic E-state index is 5.93. The number of hydrogen-bond acceptors (Lipinski definition) is 3. The highest BCUT2D eigenvalue weighted by atomic mass is 35.5. The minimum absolute atomic E-state index is 0.495. The maximum absolute atomic E-state index is 5.93. The van der Waals surface area contributed by atoms with E-state index in [4.69, 9.17) is 22.1 Å². The van der Waals surface area contributed by atoms with Crippen molar-refractivity contribution in [2.24, 2.45) is 5.73 Å². The first-order chi connectivity index (χ1) is 7.69. The zero-order valence-electron chi connectivity index (χ0n) is 9.87. The van der Waals surface area contributed by atoms with Crippen LogP contribution in [0.25, 0.3) is 0 Å². The van der Waals surface area contributed by atoms with E-state index in [9.17, 15) is 0 Å². The second-order valence-electron chi connectivity index (χ2n) is 3.60. The summed E-state index contributed by atoms with van der Waals surface area (Å²) in [5.74, 6) is 0. The molecule has 2 N–H and O–H groups in total. The number of likely N-dealkylation sites (N-methyl/N-ethyl adjacent to an activating group) is 1. The van der Waals surface area contributed by atoms with Crippen molar-refractivity contribution in [2.45, 2.75) is 13.5 Å². The van der Waals surface area contributed by atoms with Crippen LogP contribution in [0.1, 0.15) is 12.5 Å². The second kappa shape index (κ2) is 6.74. The van der Waals surface area contributed by atoms with E-state index in [-0.39, 0.29) is 0 Å². The van der Waals surface area contributed by atoms with Crippen molar-refractivity contribution in [1.29, 1.82) is 0 Å². The Morgan fingerprint density at radius 2 is 2.19 bits per heavy atom. The standard InChI is InChI=1S/C12H19ClN2O/c1-3-16-7-6-15(2)12-5-4-11(13)8-10(12)9-14/h4-5,8H,3,6-7,9,14H2,1-2H3. The van der Waals surface area contributed by atoms with Gasteiger partial charge < -0.3 is 15.4 Å². The Bertz CT molecular complexity index is 331. The molecule has 1 rings (SSSR count). The molecule has 0 aliphatic carbocycles. The molecule has 0 aromatic heterocycles. The van der Waals surface area contributed by atoms with Crippen LogP contribution in [-0.2, 0) is 11.3 Å². The van der Waals surface area contributed by atoms with Gasteiger partial charge in [0.2, 0.25) is 0 Å². The molecule has 0 atom stereocenters. The van der Waals surface area contributed by atoms with Crippen molar-refractivity contribution in [3.63, 3.8) is 0 Å². The summed E-state index contributed by atoms with van der Waals surface area (Å²) >= 11 is 5.93. The molecule has 0 fully saturated rings. The van der Waals surface area contributed by atoms with Crippen LogP contribution in [0, 0.1) is 0 Å². The van der Waals surface area contributed by atoms with E-state index in [0.29, 0.717) is 6.54 Å². The van der Waals surface area contributed by atoms with Gasteiger partial charge >= 0.3 is 0 Å². The number of hydrogen-bond donors (Lipinski definition) is 1. The summed E-state index contributed by atoms with van der Waals surface area (Å²) in [5, 5.41) is 0.724. The Balaban J connectivity index is 2.70. The lowest BCUT2D eigenvalue weighted by Gasteiger charge is -2.22. The lowest BCUT2D eigenvalue weighted by atomic mass is 10.1. The number of rotatable bonds is 6. The van der Waals surface area contributed by atoms with Crippen molar-refractivity contribution in [3.05, 3.63) is 28.8 Å². The van der Waals surface area contributed by atoms with Crippen LogP contribution in [0.5, 0.6) is 0 Å². The summed E-state index contributed by atoms with van der Waals surface area (Å²) in [7, 11) is 2.03. The lowest BCUT2D eigenvalue weighted by molar-refractivity contribution is 0.154. The summed E-state index contributed by atoms with van der Waals surface area (Å²) in [5.41, 5.74) is 7.87. The SMILES string of the molecule is CCOCCN(C)c1ccc(Cl)cc1CN. The van der Waals surface area contributed by atoms with Crippen molar-refractivity contribution in [3.8, 4) is 0 Å². The highest BCUT2D eigenvalue weighted by Gasteiger charge is 2.06. The molecule has 4 heteroatoms. The van der Waals surface area contributed by atoms with Gasteiger partial charge in [0.05, 0.1) is 6.61 Å². The Labute approximate surface area is 102 Å². The first-order valence-corrected chi connectivity index (χ1v) is 5.84. The van der Waals surface area contributed by atoms with Gasteiger partial charge in [-0.1, -0.05) is 11.6 Å². The fraction of sp³-hybridized carbons (Fsp3) is 0.500. The van der Waals surface area contributed by atoms with Gasteiger partial charge in [-0.25, -0.2) is 0 Å². The van der Waals surface area contributed by atoms with Gasteiger partial charge in [-0.2, -0.15) is 0 Å². The largest absolute Gasteiger partial charge is 0.380 e. The number of nitrogens with two attached hydrogens (primary N) is 1. The van der Waals surface area contributed by atoms with Crippen molar-refractivity contribution in [2.75, 3.05) is 31.7 Å². The predicted molar refractivity (Wildman–Crippen MR) is 69.1 cm³/mol. The van der Waals surface area contributed by atoms with Crippen LogP contribution < -0.4 is 10.6 Å². The normalized spacial score (nSPS) is 10.5. The summed E-state index contributed by atoms with van der Waals surface area (Å²) in [6, 6.07) is 5.79. The quantitative estimate of drug-likeness (QED) is 0.778. The van der Waals surface area contributed by atoms with Crippen LogP contribution in [0.3, 0.4) is 0 Å². The molecule has 3 nitrogen and oxygen atoms in total. The number of halogens is 1. The zero-order chi connectivity index (χ0) is 12.0. The minimum atomic E-state index is 0.495. The molecule has 90 valence electrons. The summed E-state index contributed by atoms with van der Waals surface area (Å²) < 4.78 is 5.32. The number of nitrogens with zero attached hydrogens (tertiary/aromatic N) is 1. The van der Waals surface area contributed by atoms with E-state index in [2.05, 4.69) is 4.90 Å². The van der Waals surface area contributed by atoms with Crippen LogP contribution >= 0.6 is 11.6 Å². The lowest BCUT2D eigenvalue weighted by Crippen LogP contribution is -2.24. The van der Waals surface area contributed by atoms with Crippen LogP contribution in [0.2, 0.25) is 5.02 Å². The van der Waals surface area contributed by atoms with Gasteiger partial charge in [0, 0.05) is 37.5 Å². The number of ether oxygens (including phenoxy) is 1. The van der Waals surface area contributed by atoms with E-state index >= 15 is 0 Å². The van der Waals surface area contributed by atoms with Gasteiger partial charge in [-0.15, -0.1) is 0 Å². The summed E-state index contributed by atoms with van der Waals surface area (Å²) in [6.07, 6.45) is 0. The topological polar surface area (TPSA) is 38.5 Å². The average Bonchev–Trinajstić information content (AvgIpc) is 2.29. The zero-order valence-corrected chi connectivity index (χ0v) is 10.6. The van der Waals surface area contributed by atoms with Crippen molar-refractivity contribution in [1.82, 2.24) is 0 Å². The molecule has 16 heavy (non-hydrogen) atoms. The third-order valence-electron chi connectivity index (χ3n) is 2.45. The first kappa shape index (κ1) is 13.3. The molecule has 0 radical (unpaired) electrons. The molecular weight excluding hydrogens is 224 g/mol. The van der Waals surface area contributed by atoms with E-state index < -0.39 is 0 Å². The van der Waals surface area contributed by atoms with E-state index in [1.54, 1.807) is 0 Å². The van der Waals surface area contributed by atoms with Crippen LogP contribution in [0.15, 0.2) is 18.2 Å². The Kier molecular flexibility index (Phi) is 5.60. The molecule has 0 bridgehead atoms. The molecular formula is C12H19ClN2O. The molecule has 0 amide bonds. The maximum Gasteiger partial charge on any atom is 0.0641 e. The number of anilines is 1. The van der Waals surface area contributed by atoms with Gasteiger partial charge in [0.15, 0.2) is 0 Å². The van der Waals surface area contributed by atoms with Crippen LogP contribution in [0.4, 0.5) is 5.69 Å².